The van der Waals surface area contributed by atoms with E-state index in [4.69, 9.17) is 0 Å². The number of hydrogen-bond acceptors (Lipinski definition) is 5. The fourth-order valence-corrected chi connectivity index (χ4v) is 5.10. The molecule has 3 atom stereocenters. The minimum atomic E-state index is -0.462. The first kappa shape index (κ1) is 20.9. The van der Waals surface area contributed by atoms with Gasteiger partial charge in [-0.3, -0.25) is 19.9 Å². The first-order chi connectivity index (χ1) is 15.3. The summed E-state index contributed by atoms with van der Waals surface area (Å²) in [5.41, 5.74) is 4.03. The van der Waals surface area contributed by atoms with Gasteiger partial charge in [-0.15, -0.1) is 0 Å². The normalized spacial score (nSPS) is 25.9. The minimum absolute atomic E-state index is 0.171. The molecule has 3 aliphatic rings. The molecule has 3 amide bonds. The Morgan fingerprint density at radius 2 is 1.81 bits per heavy atom. The van der Waals surface area contributed by atoms with Crippen molar-refractivity contribution in [2.45, 2.75) is 45.3 Å². The molecule has 2 aromatic carbocycles. The molecule has 32 heavy (non-hydrogen) atoms. The number of nitrogens with zero attached hydrogens (tertiary/aromatic N) is 4. The van der Waals surface area contributed by atoms with Crippen molar-refractivity contribution < 1.29 is 14.0 Å². The smallest absolute Gasteiger partial charge is 0.328 e. The minimum Gasteiger partial charge on any atom is -0.343 e. The molecule has 3 aliphatic heterocycles. The standard InChI is InChI=1S/C24H28FN5O2/c1-15-5-6-16(2)17(13-15)14-30-22(31)20-21(27(3)24(30)32)26-23-28(11-4-12-29(20)23)19-9-7-18(25)8-10-19/h5-10,13,20-21,23,26H,4,11-12,14H2,1-3H3. The fourth-order valence-electron chi connectivity index (χ4n) is 5.10. The molecule has 3 fully saturated rings. The summed E-state index contributed by atoms with van der Waals surface area (Å²) in [4.78, 5) is 34.1. The zero-order chi connectivity index (χ0) is 22.6. The van der Waals surface area contributed by atoms with Gasteiger partial charge in [0, 0.05) is 25.8 Å². The number of anilines is 1. The van der Waals surface area contributed by atoms with Crippen molar-refractivity contribution in [2.24, 2.45) is 0 Å². The van der Waals surface area contributed by atoms with Gasteiger partial charge in [-0.2, -0.15) is 0 Å². The predicted molar refractivity (Wildman–Crippen MR) is 119 cm³/mol. The van der Waals surface area contributed by atoms with Gasteiger partial charge in [0.05, 0.1) is 6.54 Å². The number of carbonyl (C=O) groups excluding carboxylic acids is 2. The van der Waals surface area contributed by atoms with E-state index in [2.05, 4.69) is 15.1 Å². The van der Waals surface area contributed by atoms with Gasteiger partial charge in [0.1, 0.15) is 24.3 Å². The maximum atomic E-state index is 13.6. The summed E-state index contributed by atoms with van der Waals surface area (Å²) < 4.78 is 13.4. The van der Waals surface area contributed by atoms with E-state index in [1.54, 1.807) is 24.1 Å². The van der Waals surface area contributed by atoms with Gasteiger partial charge >= 0.3 is 6.03 Å². The van der Waals surface area contributed by atoms with E-state index in [1.807, 2.05) is 32.0 Å². The van der Waals surface area contributed by atoms with Crippen molar-refractivity contribution in [3.05, 3.63) is 65.0 Å². The molecular formula is C24H28FN5O2. The Kier molecular flexibility index (Phi) is 5.14. The lowest BCUT2D eigenvalue weighted by Crippen LogP contribution is -2.66. The summed E-state index contributed by atoms with van der Waals surface area (Å²) in [6.45, 7) is 5.81. The largest absolute Gasteiger partial charge is 0.343 e. The number of rotatable bonds is 3. The van der Waals surface area contributed by atoms with Crippen molar-refractivity contribution in [1.82, 2.24) is 20.0 Å². The molecule has 0 aromatic heterocycles. The maximum absolute atomic E-state index is 13.6. The summed E-state index contributed by atoms with van der Waals surface area (Å²) in [6.07, 6.45) is 0.237. The highest BCUT2D eigenvalue weighted by Gasteiger charge is 2.56. The SMILES string of the molecule is Cc1ccc(C)c(CN2C(=O)C3C(NC4N(c5ccc(F)cc5)CCCN34)N(C)C2=O)c1. The fraction of sp³-hybridized carbons (Fsp3) is 0.417. The lowest BCUT2D eigenvalue weighted by molar-refractivity contribution is -0.139. The average Bonchev–Trinajstić information content (AvgIpc) is 3.18. The van der Waals surface area contributed by atoms with Crippen molar-refractivity contribution in [3.8, 4) is 0 Å². The Morgan fingerprint density at radius 1 is 1.06 bits per heavy atom. The van der Waals surface area contributed by atoms with Gasteiger partial charge in [0.25, 0.3) is 5.91 Å². The van der Waals surface area contributed by atoms with Crippen LogP contribution in [0.1, 0.15) is 23.1 Å². The van der Waals surface area contributed by atoms with Gasteiger partial charge in [-0.25, -0.2) is 9.18 Å². The highest BCUT2D eigenvalue weighted by Crippen LogP contribution is 2.33. The third kappa shape index (κ3) is 3.34. The number of aryl methyl sites for hydroxylation is 2. The van der Waals surface area contributed by atoms with E-state index >= 15 is 0 Å². The first-order valence-corrected chi connectivity index (χ1v) is 11.0. The third-order valence-corrected chi connectivity index (χ3v) is 6.86. The highest BCUT2D eigenvalue weighted by atomic mass is 19.1. The molecule has 5 rings (SSSR count). The number of hydrogen-bond donors (Lipinski definition) is 1. The number of nitrogens with one attached hydrogen (secondary N) is 1. The molecule has 0 radical (unpaired) electrons. The van der Waals surface area contributed by atoms with Crippen LogP contribution >= 0.6 is 0 Å². The van der Waals surface area contributed by atoms with Crippen LogP contribution < -0.4 is 10.2 Å². The molecule has 0 aliphatic carbocycles. The highest BCUT2D eigenvalue weighted by molar-refractivity contribution is 6.00. The molecule has 7 nitrogen and oxygen atoms in total. The number of fused-ring (bicyclic) bond motifs is 3. The van der Waals surface area contributed by atoms with Crippen LogP contribution in [0.15, 0.2) is 42.5 Å². The lowest BCUT2D eigenvalue weighted by atomic mass is 10.0. The summed E-state index contributed by atoms with van der Waals surface area (Å²) in [6, 6.07) is 11.7. The second-order valence-electron chi connectivity index (χ2n) is 8.94. The van der Waals surface area contributed by atoms with Crippen LogP contribution in [0.5, 0.6) is 0 Å². The average molecular weight is 438 g/mol. The number of carbonyl (C=O) groups is 2. The van der Waals surface area contributed by atoms with E-state index in [-0.39, 0.29) is 30.6 Å². The number of benzene rings is 2. The van der Waals surface area contributed by atoms with Crippen LogP contribution in [0, 0.1) is 19.7 Å². The quantitative estimate of drug-likeness (QED) is 0.800. The Labute approximate surface area is 187 Å². The summed E-state index contributed by atoms with van der Waals surface area (Å²) in [7, 11) is 1.75. The van der Waals surface area contributed by atoms with Gasteiger partial charge in [-0.05, 0) is 55.7 Å². The Bertz CT molecular complexity index is 1060. The van der Waals surface area contributed by atoms with Crippen LogP contribution in [0.2, 0.25) is 0 Å². The summed E-state index contributed by atoms with van der Waals surface area (Å²) >= 11 is 0. The molecule has 3 heterocycles. The van der Waals surface area contributed by atoms with Crippen LogP contribution in [-0.4, -0.2) is 65.3 Å². The molecule has 168 valence electrons. The number of urea groups is 1. The summed E-state index contributed by atoms with van der Waals surface area (Å²) in [5.74, 6) is -0.451. The maximum Gasteiger partial charge on any atom is 0.328 e. The molecule has 0 spiro atoms. The first-order valence-electron chi connectivity index (χ1n) is 11.0. The Hall–Kier alpha value is -2.97. The zero-order valence-corrected chi connectivity index (χ0v) is 18.6. The van der Waals surface area contributed by atoms with Gasteiger partial charge in [0.15, 0.2) is 0 Å². The van der Waals surface area contributed by atoms with E-state index in [1.165, 1.54) is 17.0 Å². The number of halogens is 1. The number of likely N-dealkylation sites (N-methyl/N-ethyl adjacent to an activating group) is 1. The predicted octanol–water partition coefficient (Wildman–Crippen LogP) is 2.63. The number of amides is 3. The van der Waals surface area contributed by atoms with Crippen LogP contribution in [0.25, 0.3) is 0 Å². The van der Waals surface area contributed by atoms with Crippen LogP contribution in [0.4, 0.5) is 14.9 Å². The van der Waals surface area contributed by atoms with Crippen molar-refractivity contribution in [2.75, 3.05) is 25.0 Å². The molecule has 3 saturated heterocycles. The van der Waals surface area contributed by atoms with Crippen molar-refractivity contribution in [1.29, 1.82) is 0 Å². The molecule has 0 bridgehead atoms. The molecular weight excluding hydrogens is 409 g/mol. The topological polar surface area (TPSA) is 59.1 Å². The van der Waals surface area contributed by atoms with E-state index in [9.17, 15) is 14.0 Å². The van der Waals surface area contributed by atoms with E-state index in [0.717, 1.165) is 41.9 Å². The van der Waals surface area contributed by atoms with E-state index in [0.29, 0.717) is 0 Å². The molecule has 2 aromatic rings. The number of imide groups is 1. The molecule has 1 N–H and O–H groups in total. The van der Waals surface area contributed by atoms with Crippen LogP contribution in [-0.2, 0) is 11.3 Å². The van der Waals surface area contributed by atoms with Crippen molar-refractivity contribution in [3.63, 3.8) is 0 Å². The summed E-state index contributed by atoms with van der Waals surface area (Å²) in [5, 5.41) is 3.49. The van der Waals surface area contributed by atoms with Gasteiger partial charge < -0.3 is 9.80 Å². The van der Waals surface area contributed by atoms with Crippen molar-refractivity contribution >= 4 is 17.6 Å². The van der Waals surface area contributed by atoms with E-state index < -0.39 is 12.2 Å². The second-order valence-corrected chi connectivity index (χ2v) is 8.94. The Balaban J connectivity index is 1.44. The van der Waals surface area contributed by atoms with Crippen LogP contribution in [0.3, 0.4) is 0 Å². The van der Waals surface area contributed by atoms with Gasteiger partial charge in [0.2, 0.25) is 0 Å². The lowest BCUT2D eigenvalue weighted by Gasteiger charge is -2.44. The molecule has 8 heteroatoms. The van der Waals surface area contributed by atoms with Gasteiger partial charge in [-0.1, -0.05) is 23.8 Å². The third-order valence-electron chi connectivity index (χ3n) is 6.86. The monoisotopic (exact) mass is 437 g/mol. The zero-order valence-electron chi connectivity index (χ0n) is 18.6. The Morgan fingerprint density at radius 3 is 2.56 bits per heavy atom. The molecule has 0 saturated carbocycles. The second kappa shape index (κ2) is 7.86. The molecule has 3 unspecified atom stereocenters.